The zero-order valence-corrected chi connectivity index (χ0v) is 9.21. The summed E-state index contributed by atoms with van der Waals surface area (Å²) in [5.41, 5.74) is 0. The smallest absolute Gasteiger partial charge is 0.0246 e. The van der Waals surface area contributed by atoms with E-state index >= 15 is 0 Å². The van der Waals surface area contributed by atoms with Crippen LogP contribution in [0.5, 0.6) is 0 Å². The molecule has 4 fully saturated rings. The van der Waals surface area contributed by atoms with E-state index in [2.05, 4.69) is 17.3 Å². The van der Waals surface area contributed by atoms with E-state index in [1.54, 1.807) is 0 Å². The SMILES string of the molecule is CN1CC2CCC1C(NCC1CC1)C2. The second-order valence-corrected chi connectivity index (χ2v) is 5.64. The van der Waals surface area contributed by atoms with Crippen LogP contribution in [0.25, 0.3) is 0 Å². The number of hydrogen-bond donors (Lipinski definition) is 1. The maximum Gasteiger partial charge on any atom is 0.0246 e. The standard InChI is InChI=1S/C12H22N2/c1-14-8-10-4-5-12(14)11(6-10)13-7-9-2-3-9/h9-13H,2-8H2,1H3. The molecule has 1 N–H and O–H groups in total. The molecule has 80 valence electrons. The molecule has 4 aliphatic rings. The van der Waals surface area contributed by atoms with Gasteiger partial charge >= 0.3 is 0 Å². The summed E-state index contributed by atoms with van der Waals surface area (Å²) >= 11 is 0. The van der Waals surface area contributed by atoms with Crippen molar-refractivity contribution in [3.63, 3.8) is 0 Å². The van der Waals surface area contributed by atoms with Crippen LogP contribution in [-0.2, 0) is 0 Å². The largest absolute Gasteiger partial charge is 0.312 e. The quantitative estimate of drug-likeness (QED) is 0.732. The second-order valence-electron chi connectivity index (χ2n) is 5.64. The van der Waals surface area contributed by atoms with E-state index in [0.29, 0.717) is 0 Å². The molecule has 0 aromatic heterocycles. The van der Waals surface area contributed by atoms with Crippen LogP contribution >= 0.6 is 0 Å². The average Bonchev–Trinajstić information content (AvgIpc) is 2.98. The first-order valence-electron chi connectivity index (χ1n) is 6.26. The minimum absolute atomic E-state index is 0.813. The van der Waals surface area contributed by atoms with Gasteiger partial charge in [-0.2, -0.15) is 0 Å². The van der Waals surface area contributed by atoms with Crippen molar-refractivity contribution in [3.05, 3.63) is 0 Å². The third-order valence-electron chi connectivity index (χ3n) is 4.40. The van der Waals surface area contributed by atoms with Gasteiger partial charge in [-0.3, -0.25) is 0 Å². The summed E-state index contributed by atoms with van der Waals surface area (Å²) in [6.45, 7) is 2.65. The summed E-state index contributed by atoms with van der Waals surface area (Å²) in [7, 11) is 2.31. The lowest BCUT2D eigenvalue weighted by Crippen LogP contribution is -2.58. The number of likely N-dealkylation sites (N-methyl/N-ethyl adjacent to an activating group) is 1. The van der Waals surface area contributed by atoms with Crippen molar-refractivity contribution >= 4 is 0 Å². The Morgan fingerprint density at radius 3 is 2.71 bits per heavy atom. The van der Waals surface area contributed by atoms with Crippen molar-refractivity contribution in [2.45, 2.75) is 44.2 Å². The Morgan fingerprint density at radius 2 is 2.07 bits per heavy atom. The van der Waals surface area contributed by atoms with E-state index in [1.807, 2.05) is 0 Å². The van der Waals surface area contributed by atoms with Crippen molar-refractivity contribution < 1.29 is 0 Å². The van der Waals surface area contributed by atoms with Crippen molar-refractivity contribution in [2.24, 2.45) is 11.8 Å². The highest BCUT2D eigenvalue weighted by Crippen LogP contribution is 2.35. The van der Waals surface area contributed by atoms with Crippen LogP contribution in [0.3, 0.4) is 0 Å². The molecule has 0 aromatic rings. The second kappa shape index (κ2) is 3.49. The summed E-state index contributed by atoms with van der Waals surface area (Å²) in [4.78, 5) is 2.59. The molecule has 2 bridgehead atoms. The minimum atomic E-state index is 0.813. The van der Waals surface area contributed by atoms with Crippen molar-refractivity contribution in [2.75, 3.05) is 20.1 Å². The summed E-state index contributed by atoms with van der Waals surface area (Å²) < 4.78 is 0. The van der Waals surface area contributed by atoms with Crippen molar-refractivity contribution in [3.8, 4) is 0 Å². The molecule has 14 heavy (non-hydrogen) atoms. The molecule has 2 nitrogen and oxygen atoms in total. The Kier molecular flexibility index (Phi) is 2.29. The fourth-order valence-corrected chi connectivity index (χ4v) is 3.34. The van der Waals surface area contributed by atoms with E-state index < -0.39 is 0 Å². The molecule has 2 aliphatic carbocycles. The highest BCUT2D eigenvalue weighted by atomic mass is 15.2. The van der Waals surface area contributed by atoms with Crippen LogP contribution in [0.15, 0.2) is 0 Å². The van der Waals surface area contributed by atoms with Gasteiger partial charge in [-0.05, 0) is 57.5 Å². The lowest BCUT2D eigenvalue weighted by Gasteiger charge is -2.48. The van der Waals surface area contributed by atoms with Gasteiger partial charge in [-0.25, -0.2) is 0 Å². The number of hydrogen-bond acceptors (Lipinski definition) is 2. The lowest BCUT2D eigenvalue weighted by molar-refractivity contribution is 0.0398. The molecule has 0 spiro atoms. The van der Waals surface area contributed by atoms with Gasteiger partial charge in [0.15, 0.2) is 0 Å². The lowest BCUT2D eigenvalue weighted by atomic mass is 9.77. The Morgan fingerprint density at radius 1 is 1.21 bits per heavy atom. The Labute approximate surface area is 87.0 Å². The summed E-state index contributed by atoms with van der Waals surface area (Å²) in [5, 5.41) is 3.80. The first-order chi connectivity index (χ1) is 6.83. The number of piperidine rings is 2. The van der Waals surface area contributed by atoms with Crippen LogP contribution in [-0.4, -0.2) is 37.1 Å². The minimum Gasteiger partial charge on any atom is -0.312 e. The maximum atomic E-state index is 3.80. The van der Waals surface area contributed by atoms with E-state index in [-0.39, 0.29) is 0 Å². The molecule has 3 atom stereocenters. The topological polar surface area (TPSA) is 15.3 Å². The molecular formula is C12H22N2. The summed E-state index contributed by atoms with van der Waals surface area (Å²) in [5.74, 6) is 2.02. The zero-order valence-electron chi connectivity index (χ0n) is 9.21. The van der Waals surface area contributed by atoms with Gasteiger partial charge in [0.2, 0.25) is 0 Å². The Balaban J connectivity index is 1.56. The molecule has 2 heteroatoms. The summed E-state index contributed by atoms with van der Waals surface area (Å²) in [6, 6.07) is 1.66. The fraction of sp³-hybridized carbons (Fsp3) is 1.00. The van der Waals surface area contributed by atoms with Gasteiger partial charge < -0.3 is 10.2 Å². The van der Waals surface area contributed by atoms with E-state index in [1.165, 1.54) is 45.2 Å². The van der Waals surface area contributed by atoms with Gasteiger partial charge in [-0.1, -0.05) is 0 Å². The number of fused-ring (bicyclic) bond motifs is 3. The van der Waals surface area contributed by atoms with Crippen LogP contribution in [0.4, 0.5) is 0 Å². The van der Waals surface area contributed by atoms with Gasteiger partial charge in [0.05, 0.1) is 0 Å². The molecule has 0 amide bonds. The molecule has 4 rings (SSSR count). The van der Waals surface area contributed by atoms with Crippen LogP contribution in [0, 0.1) is 11.8 Å². The average molecular weight is 194 g/mol. The van der Waals surface area contributed by atoms with Crippen molar-refractivity contribution in [1.82, 2.24) is 10.2 Å². The third-order valence-corrected chi connectivity index (χ3v) is 4.40. The highest BCUT2D eigenvalue weighted by molar-refractivity contribution is 4.96. The Bertz CT molecular complexity index is 212. The predicted octanol–water partition coefficient (Wildman–Crippen LogP) is 1.47. The number of nitrogens with one attached hydrogen (secondary N) is 1. The molecule has 2 saturated carbocycles. The van der Waals surface area contributed by atoms with Gasteiger partial charge in [0.25, 0.3) is 0 Å². The van der Waals surface area contributed by atoms with Crippen LogP contribution in [0.2, 0.25) is 0 Å². The molecule has 0 aromatic carbocycles. The highest BCUT2D eigenvalue weighted by Gasteiger charge is 2.39. The summed E-state index contributed by atoms with van der Waals surface area (Å²) in [6.07, 6.45) is 7.31. The molecule has 2 heterocycles. The van der Waals surface area contributed by atoms with Crippen LogP contribution < -0.4 is 5.32 Å². The first-order valence-corrected chi connectivity index (χ1v) is 6.26. The molecule has 0 radical (unpaired) electrons. The van der Waals surface area contributed by atoms with Gasteiger partial charge in [-0.15, -0.1) is 0 Å². The monoisotopic (exact) mass is 194 g/mol. The maximum absolute atomic E-state index is 3.80. The molecule has 3 unspecified atom stereocenters. The Hall–Kier alpha value is -0.0800. The molecule has 2 saturated heterocycles. The number of rotatable bonds is 3. The van der Waals surface area contributed by atoms with E-state index in [4.69, 9.17) is 0 Å². The first kappa shape index (κ1) is 9.17. The number of nitrogens with zero attached hydrogens (tertiary/aromatic N) is 1. The van der Waals surface area contributed by atoms with E-state index in [0.717, 1.165) is 23.9 Å². The molecular weight excluding hydrogens is 172 g/mol. The van der Waals surface area contributed by atoms with Gasteiger partial charge in [0.1, 0.15) is 0 Å². The fourth-order valence-electron chi connectivity index (χ4n) is 3.34. The zero-order chi connectivity index (χ0) is 9.54. The molecule has 2 aliphatic heterocycles. The van der Waals surface area contributed by atoms with Crippen LogP contribution in [0.1, 0.15) is 32.1 Å². The van der Waals surface area contributed by atoms with E-state index in [9.17, 15) is 0 Å². The van der Waals surface area contributed by atoms with Crippen molar-refractivity contribution in [1.29, 1.82) is 0 Å². The normalized spacial score (nSPS) is 43.1. The van der Waals surface area contributed by atoms with Gasteiger partial charge in [0, 0.05) is 18.6 Å². The third kappa shape index (κ3) is 1.70. The predicted molar refractivity (Wildman–Crippen MR) is 58.3 cm³/mol.